The fourth-order valence-electron chi connectivity index (χ4n) is 7.38. The van der Waals surface area contributed by atoms with Gasteiger partial charge in [-0.3, -0.25) is 4.84 Å². The van der Waals surface area contributed by atoms with Gasteiger partial charge < -0.3 is 0 Å². The summed E-state index contributed by atoms with van der Waals surface area (Å²) in [5, 5.41) is 2.46. The number of nitrogens with zero attached hydrogens (tertiary/aromatic N) is 1. The lowest BCUT2D eigenvalue weighted by Crippen LogP contribution is -2.66. The molecule has 1 saturated heterocycles. The number of piperidine rings is 1. The molecular formula is C38H69NO. The van der Waals surface area contributed by atoms with Gasteiger partial charge in [0.05, 0.1) is 0 Å². The lowest BCUT2D eigenvalue weighted by Gasteiger charge is -2.60. The normalized spacial score (nSPS) is 26.3. The van der Waals surface area contributed by atoms with Crippen LogP contribution in [0.5, 0.6) is 0 Å². The van der Waals surface area contributed by atoms with E-state index in [2.05, 4.69) is 83.9 Å². The molecule has 232 valence electrons. The summed E-state index contributed by atoms with van der Waals surface area (Å²) in [5.74, 6) is 1.42. The first-order valence-electron chi connectivity index (χ1n) is 17.8. The molecule has 5 unspecified atom stereocenters. The summed E-state index contributed by atoms with van der Waals surface area (Å²) in [5.41, 5.74) is 1.41. The highest BCUT2D eigenvalue weighted by Crippen LogP contribution is 2.50. The number of unbranched alkanes of at least 4 members (excludes halogenated alkanes) is 15. The third-order valence-electron chi connectivity index (χ3n) is 10.8. The predicted octanol–water partition coefficient (Wildman–Crippen LogP) is 12.6. The van der Waals surface area contributed by atoms with Crippen molar-refractivity contribution in [2.45, 2.75) is 194 Å². The first-order valence-corrected chi connectivity index (χ1v) is 17.8. The third kappa shape index (κ3) is 11.1. The summed E-state index contributed by atoms with van der Waals surface area (Å²) in [6.07, 6.45) is 28.0. The summed E-state index contributed by atoms with van der Waals surface area (Å²) in [6, 6.07) is 10.7. The van der Waals surface area contributed by atoms with E-state index in [1.54, 1.807) is 0 Å². The Hall–Kier alpha value is -0.860. The molecule has 1 aliphatic rings. The van der Waals surface area contributed by atoms with Gasteiger partial charge in [0.25, 0.3) is 0 Å². The van der Waals surface area contributed by atoms with Crippen molar-refractivity contribution in [3.05, 3.63) is 35.9 Å². The molecule has 0 spiro atoms. The van der Waals surface area contributed by atoms with Crippen LogP contribution in [0.2, 0.25) is 0 Å². The molecule has 0 N–H and O–H groups in total. The van der Waals surface area contributed by atoms with Crippen LogP contribution >= 0.6 is 0 Å². The van der Waals surface area contributed by atoms with Gasteiger partial charge in [-0.15, -0.1) is 0 Å². The van der Waals surface area contributed by atoms with Crippen LogP contribution in [-0.2, 0) is 4.84 Å². The van der Waals surface area contributed by atoms with E-state index in [1.165, 1.54) is 121 Å². The van der Waals surface area contributed by atoms with Crippen LogP contribution in [0.25, 0.3) is 0 Å². The van der Waals surface area contributed by atoms with E-state index in [1.807, 2.05) is 0 Å². The lowest BCUT2D eigenvalue weighted by atomic mass is 9.64. The highest BCUT2D eigenvalue weighted by molar-refractivity contribution is 5.17. The Morgan fingerprint density at radius 2 is 1.20 bits per heavy atom. The number of benzene rings is 1. The number of hydroxylamine groups is 2. The zero-order valence-corrected chi connectivity index (χ0v) is 28.1. The Morgan fingerprint density at radius 1 is 0.725 bits per heavy atom. The van der Waals surface area contributed by atoms with Crippen molar-refractivity contribution in [2.24, 2.45) is 11.8 Å². The monoisotopic (exact) mass is 556 g/mol. The van der Waals surface area contributed by atoms with E-state index in [0.717, 1.165) is 18.8 Å². The average Bonchev–Trinajstić information content (AvgIpc) is 2.97. The van der Waals surface area contributed by atoms with E-state index in [4.69, 9.17) is 4.84 Å². The van der Waals surface area contributed by atoms with Crippen molar-refractivity contribution in [3.63, 3.8) is 0 Å². The molecule has 0 aliphatic carbocycles. The Labute approximate surface area is 251 Å². The fraction of sp³-hybridized carbons (Fsp3) is 0.842. The Balaban J connectivity index is 1.68. The Bertz CT molecular complexity index is 749. The molecule has 1 aliphatic heterocycles. The summed E-state index contributed by atoms with van der Waals surface area (Å²) in [4.78, 5) is 6.88. The van der Waals surface area contributed by atoms with Crippen LogP contribution in [0.15, 0.2) is 30.3 Å². The van der Waals surface area contributed by atoms with Crippen LogP contribution in [0, 0.1) is 11.8 Å². The predicted molar refractivity (Wildman–Crippen MR) is 177 cm³/mol. The second kappa shape index (κ2) is 19.4. The molecule has 1 aromatic rings. The van der Waals surface area contributed by atoms with E-state index < -0.39 is 0 Å². The minimum atomic E-state index is 0.0613. The summed E-state index contributed by atoms with van der Waals surface area (Å²) < 4.78 is 0. The van der Waals surface area contributed by atoms with Gasteiger partial charge in [0.15, 0.2) is 0 Å². The molecule has 0 amide bonds. The molecule has 5 atom stereocenters. The molecule has 1 fully saturated rings. The molecule has 0 bridgehead atoms. The largest absolute Gasteiger partial charge is 0.290 e. The van der Waals surface area contributed by atoms with Gasteiger partial charge in [0.2, 0.25) is 0 Å². The molecule has 2 rings (SSSR count). The first-order chi connectivity index (χ1) is 19.3. The zero-order valence-electron chi connectivity index (χ0n) is 28.1. The van der Waals surface area contributed by atoms with Gasteiger partial charge in [-0.05, 0) is 57.4 Å². The van der Waals surface area contributed by atoms with Gasteiger partial charge in [-0.2, -0.15) is 5.06 Å². The summed E-state index contributed by atoms with van der Waals surface area (Å²) >= 11 is 0. The van der Waals surface area contributed by atoms with Crippen LogP contribution in [0.4, 0.5) is 0 Å². The zero-order chi connectivity index (χ0) is 29.3. The van der Waals surface area contributed by atoms with Crippen molar-refractivity contribution in [3.8, 4) is 0 Å². The third-order valence-corrected chi connectivity index (χ3v) is 10.8. The fourth-order valence-corrected chi connectivity index (χ4v) is 7.38. The highest BCUT2D eigenvalue weighted by atomic mass is 16.7. The van der Waals surface area contributed by atoms with Crippen LogP contribution in [0.3, 0.4) is 0 Å². The minimum Gasteiger partial charge on any atom is -0.290 e. The number of hydrogen-bond donors (Lipinski definition) is 0. The van der Waals surface area contributed by atoms with Crippen molar-refractivity contribution in [1.29, 1.82) is 0 Å². The van der Waals surface area contributed by atoms with E-state index >= 15 is 0 Å². The van der Waals surface area contributed by atoms with E-state index in [0.29, 0.717) is 5.92 Å². The van der Waals surface area contributed by atoms with E-state index in [9.17, 15) is 0 Å². The van der Waals surface area contributed by atoms with Crippen LogP contribution in [0.1, 0.15) is 189 Å². The van der Waals surface area contributed by atoms with E-state index in [-0.39, 0.29) is 17.2 Å². The Morgan fingerprint density at radius 3 is 1.65 bits per heavy atom. The second-order valence-electron chi connectivity index (χ2n) is 13.9. The molecule has 40 heavy (non-hydrogen) atoms. The molecule has 1 aromatic carbocycles. The lowest BCUT2D eigenvalue weighted by molar-refractivity contribution is -0.332. The molecule has 1 heterocycles. The quantitative estimate of drug-likeness (QED) is 0.132. The Kier molecular flexibility index (Phi) is 17.1. The van der Waals surface area contributed by atoms with Gasteiger partial charge in [-0.1, -0.05) is 167 Å². The van der Waals surface area contributed by atoms with Crippen molar-refractivity contribution in [1.82, 2.24) is 5.06 Å². The van der Waals surface area contributed by atoms with Crippen LogP contribution < -0.4 is 0 Å². The SMILES string of the molecule is CCCCCCCCCCCCCCCCCCC1CC(C)(CC)N(OC(C)c2ccccc2)C(C)(CC)C1C. The van der Waals surface area contributed by atoms with Crippen molar-refractivity contribution < 1.29 is 4.84 Å². The molecule has 0 saturated carbocycles. The molecule has 0 aromatic heterocycles. The second-order valence-corrected chi connectivity index (χ2v) is 13.9. The van der Waals surface area contributed by atoms with Crippen LogP contribution in [-0.4, -0.2) is 16.1 Å². The summed E-state index contributed by atoms with van der Waals surface area (Å²) in [7, 11) is 0. The molecule has 0 radical (unpaired) electrons. The number of hydrogen-bond acceptors (Lipinski definition) is 2. The maximum atomic E-state index is 6.88. The van der Waals surface area contributed by atoms with Crippen molar-refractivity contribution >= 4 is 0 Å². The van der Waals surface area contributed by atoms with Gasteiger partial charge in [0.1, 0.15) is 6.10 Å². The topological polar surface area (TPSA) is 12.5 Å². The van der Waals surface area contributed by atoms with Crippen molar-refractivity contribution in [2.75, 3.05) is 0 Å². The summed E-state index contributed by atoms with van der Waals surface area (Å²) in [6.45, 7) is 16.7. The minimum absolute atomic E-state index is 0.0613. The molecular weight excluding hydrogens is 486 g/mol. The van der Waals surface area contributed by atoms with Gasteiger partial charge in [0, 0.05) is 11.1 Å². The highest BCUT2D eigenvalue weighted by Gasteiger charge is 2.53. The standard InChI is InChI=1S/C38H69NO/c1-8-11-12-13-14-15-16-17-18-19-20-21-22-23-24-26-31-36-32-37(6,9-2)39(38(7,10-3)33(36)4)40-34(5)35-29-27-25-28-30-35/h25,27-30,33-34,36H,8-24,26,31-32H2,1-7H3. The average molecular weight is 556 g/mol. The molecule has 2 nitrogen and oxygen atoms in total. The smallest absolute Gasteiger partial charge is 0.102 e. The first kappa shape index (κ1) is 35.3. The molecule has 2 heteroatoms. The maximum absolute atomic E-state index is 6.88. The number of rotatable bonds is 22. The van der Waals surface area contributed by atoms with Gasteiger partial charge in [-0.25, -0.2) is 0 Å². The van der Waals surface area contributed by atoms with Gasteiger partial charge >= 0.3 is 0 Å². The maximum Gasteiger partial charge on any atom is 0.102 e.